The Bertz CT molecular complexity index is 1630. The number of carbonyl (C=O) groups excluding carboxylic acids is 4. The van der Waals surface area contributed by atoms with Gasteiger partial charge >= 0.3 is 0 Å². The molecule has 2 aromatic carbocycles. The molecule has 2 saturated heterocycles. The van der Waals surface area contributed by atoms with Gasteiger partial charge in [-0.2, -0.15) is 0 Å². The third-order valence-electron chi connectivity index (χ3n) is 9.71. The van der Waals surface area contributed by atoms with Crippen LogP contribution in [0.5, 0.6) is 17.2 Å². The Morgan fingerprint density at radius 2 is 1.70 bits per heavy atom. The second-order valence-electron chi connectivity index (χ2n) is 11.7. The van der Waals surface area contributed by atoms with Crippen LogP contribution in [0.4, 0.5) is 10.1 Å². The van der Waals surface area contributed by atoms with Crippen LogP contribution >= 0.6 is 11.6 Å². The Balaban J connectivity index is 1.49. The molecule has 4 amide bonds. The van der Waals surface area contributed by atoms with Gasteiger partial charge in [0.1, 0.15) is 5.82 Å². The second-order valence-corrected chi connectivity index (χ2v) is 12.1. The minimum absolute atomic E-state index is 0.161. The summed E-state index contributed by atoms with van der Waals surface area (Å²) < 4.78 is 24.6. The molecule has 6 rings (SSSR count). The highest BCUT2D eigenvalue weighted by molar-refractivity contribution is 6.31. The number of imide groups is 2. The van der Waals surface area contributed by atoms with Crippen LogP contribution in [0.15, 0.2) is 48.1 Å². The number of phenolic OH excluding ortho intramolecular Hbond substituents is 1. The van der Waals surface area contributed by atoms with Crippen LogP contribution in [0.25, 0.3) is 6.08 Å². The Hall–Kier alpha value is -4.18. The normalized spacial score (nSPS) is 30.0. The van der Waals surface area contributed by atoms with Crippen molar-refractivity contribution in [3.05, 3.63) is 64.5 Å². The van der Waals surface area contributed by atoms with Gasteiger partial charge in [0.05, 0.1) is 48.1 Å². The molecule has 2 aliphatic carbocycles. The zero-order chi connectivity index (χ0) is 31.0. The number of allylic oxidation sites excluding steroid dienone is 3. The summed E-state index contributed by atoms with van der Waals surface area (Å²) in [6, 6.07) is 6.93. The molecule has 1 saturated carbocycles. The fourth-order valence-electron chi connectivity index (χ4n) is 7.46. The van der Waals surface area contributed by atoms with Crippen molar-refractivity contribution in [2.45, 2.75) is 19.8 Å². The van der Waals surface area contributed by atoms with Gasteiger partial charge in [-0.15, -0.1) is 0 Å². The van der Waals surface area contributed by atoms with E-state index in [4.69, 9.17) is 21.1 Å². The van der Waals surface area contributed by atoms with Crippen LogP contribution in [0.1, 0.15) is 25.3 Å². The predicted molar refractivity (Wildman–Crippen MR) is 155 cm³/mol. The number of fused-ring (bicyclic) bond motifs is 4. The highest BCUT2D eigenvalue weighted by Crippen LogP contribution is 2.61. The lowest BCUT2D eigenvalue weighted by molar-refractivity contribution is -0.139. The standard InChI is InChI=1S/C32H30ClFN2O7/c1-32-20(9-5-15-11-24(42-3)27(37)25(12-15)43-4)17-7-8-18-26(30(40)35(2)28(18)38)19(17)14-21(32)29(39)36(31(32)41)16-6-10-23(34)22(33)13-16/h5-7,9-13,18-21,26,37H,8,14H2,1-4H3. The van der Waals surface area contributed by atoms with Gasteiger partial charge in [-0.05, 0) is 61.6 Å². The average Bonchev–Trinajstić information content (AvgIpc) is 3.33. The maximum atomic E-state index is 14.3. The number of ether oxygens (including phenoxy) is 2. The Morgan fingerprint density at radius 3 is 2.33 bits per heavy atom. The number of rotatable bonds is 5. The van der Waals surface area contributed by atoms with Gasteiger partial charge < -0.3 is 14.6 Å². The molecule has 0 bridgehead atoms. The lowest BCUT2D eigenvalue weighted by Gasteiger charge is -2.47. The number of anilines is 1. The van der Waals surface area contributed by atoms with E-state index in [-0.39, 0.29) is 46.2 Å². The van der Waals surface area contributed by atoms with Gasteiger partial charge in [0, 0.05) is 13.0 Å². The van der Waals surface area contributed by atoms with Gasteiger partial charge in [-0.3, -0.25) is 24.1 Å². The zero-order valence-electron chi connectivity index (χ0n) is 24.0. The van der Waals surface area contributed by atoms with Crippen LogP contribution in [0.3, 0.4) is 0 Å². The first-order valence-electron chi connectivity index (χ1n) is 13.9. The van der Waals surface area contributed by atoms with Gasteiger partial charge in [0.2, 0.25) is 29.4 Å². The highest BCUT2D eigenvalue weighted by Gasteiger charge is 2.66. The number of amides is 4. The number of aromatic hydroxyl groups is 1. The molecule has 0 aromatic heterocycles. The molecule has 4 aliphatic rings. The molecule has 2 aliphatic heterocycles. The van der Waals surface area contributed by atoms with Crippen molar-refractivity contribution >= 4 is 47.0 Å². The van der Waals surface area contributed by atoms with E-state index in [0.717, 1.165) is 21.4 Å². The molecule has 0 radical (unpaired) electrons. The van der Waals surface area contributed by atoms with E-state index in [9.17, 15) is 28.7 Å². The lowest BCUT2D eigenvalue weighted by atomic mass is 9.52. The SMILES string of the molecule is COc1cc(C=CC2C3=CCC4C(=O)N(C)C(=O)C4C3CC3C(=O)N(c4ccc(F)c(Cl)c4)C(=O)C23C)cc(OC)c1O. The minimum atomic E-state index is -1.26. The molecule has 0 spiro atoms. The van der Waals surface area contributed by atoms with Crippen molar-refractivity contribution in [2.75, 3.05) is 26.2 Å². The summed E-state index contributed by atoms with van der Waals surface area (Å²) in [5.74, 6) is -4.97. The number of methoxy groups -OCH3 is 2. The number of phenols is 1. The summed E-state index contributed by atoms with van der Waals surface area (Å²) in [6.45, 7) is 1.74. The Kier molecular flexibility index (Phi) is 6.87. The topological polar surface area (TPSA) is 113 Å². The molecule has 2 heterocycles. The van der Waals surface area contributed by atoms with Crippen molar-refractivity contribution in [3.8, 4) is 17.2 Å². The number of hydrogen-bond acceptors (Lipinski definition) is 7. The van der Waals surface area contributed by atoms with Gasteiger partial charge in [0.15, 0.2) is 11.5 Å². The van der Waals surface area contributed by atoms with Crippen molar-refractivity contribution in [2.24, 2.45) is 35.0 Å². The molecule has 6 unspecified atom stereocenters. The first-order chi connectivity index (χ1) is 20.4. The Labute approximate surface area is 252 Å². The third kappa shape index (κ3) is 4.10. The number of nitrogens with zero attached hydrogens (tertiary/aromatic N) is 2. The summed E-state index contributed by atoms with van der Waals surface area (Å²) >= 11 is 6.03. The number of likely N-dealkylation sites (tertiary alicyclic amines) is 1. The Morgan fingerprint density at radius 1 is 1.02 bits per heavy atom. The molecule has 11 heteroatoms. The van der Waals surface area contributed by atoms with Gasteiger partial charge in [0.25, 0.3) is 0 Å². The highest BCUT2D eigenvalue weighted by atomic mass is 35.5. The van der Waals surface area contributed by atoms with E-state index in [1.807, 2.05) is 12.2 Å². The number of benzene rings is 2. The minimum Gasteiger partial charge on any atom is -0.502 e. The number of carbonyl (C=O) groups is 4. The second kappa shape index (κ2) is 10.2. The van der Waals surface area contributed by atoms with Crippen LogP contribution in [-0.2, 0) is 19.2 Å². The quantitative estimate of drug-likeness (QED) is 0.390. The predicted octanol–water partition coefficient (Wildman–Crippen LogP) is 4.61. The molecule has 6 atom stereocenters. The zero-order valence-corrected chi connectivity index (χ0v) is 24.7. The van der Waals surface area contributed by atoms with E-state index >= 15 is 0 Å². The van der Waals surface area contributed by atoms with E-state index in [2.05, 4.69) is 0 Å². The fourth-order valence-corrected chi connectivity index (χ4v) is 7.64. The maximum absolute atomic E-state index is 14.3. The molecule has 43 heavy (non-hydrogen) atoms. The van der Waals surface area contributed by atoms with Gasteiger partial charge in [-0.1, -0.05) is 35.4 Å². The van der Waals surface area contributed by atoms with Crippen LogP contribution < -0.4 is 14.4 Å². The first kappa shape index (κ1) is 28.9. The molecule has 2 aromatic rings. The summed E-state index contributed by atoms with van der Waals surface area (Å²) in [7, 11) is 4.31. The van der Waals surface area contributed by atoms with Crippen LogP contribution in [-0.4, -0.2) is 54.9 Å². The summed E-state index contributed by atoms with van der Waals surface area (Å²) in [6.07, 6.45) is 6.08. The average molecular weight is 609 g/mol. The third-order valence-corrected chi connectivity index (χ3v) is 10.0. The monoisotopic (exact) mass is 608 g/mol. The maximum Gasteiger partial charge on any atom is 0.241 e. The molecular weight excluding hydrogens is 579 g/mol. The number of halogens is 2. The summed E-state index contributed by atoms with van der Waals surface area (Å²) in [4.78, 5) is 56.8. The largest absolute Gasteiger partial charge is 0.502 e. The van der Waals surface area contributed by atoms with Crippen LogP contribution in [0.2, 0.25) is 5.02 Å². The lowest BCUT2D eigenvalue weighted by Crippen LogP contribution is -2.49. The molecule has 224 valence electrons. The van der Waals surface area contributed by atoms with E-state index < -0.39 is 52.6 Å². The van der Waals surface area contributed by atoms with Crippen LogP contribution in [0, 0.1) is 40.8 Å². The van der Waals surface area contributed by atoms with E-state index in [0.29, 0.717) is 12.0 Å². The smallest absolute Gasteiger partial charge is 0.241 e. The molecule has 1 N–H and O–H groups in total. The molecule has 9 nitrogen and oxygen atoms in total. The van der Waals surface area contributed by atoms with Crippen molar-refractivity contribution in [3.63, 3.8) is 0 Å². The van der Waals surface area contributed by atoms with Crippen molar-refractivity contribution in [1.82, 2.24) is 4.90 Å². The van der Waals surface area contributed by atoms with E-state index in [1.165, 1.54) is 33.4 Å². The fraction of sp³-hybridized carbons (Fsp3) is 0.375. The summed E-state index contributed by atoms with van der Waals surface area (Å²) in [5, 5.41) is 10.2. The molecular formula is C32H30ClFN2O7. The molecule has 3 fully saturated rings. The van der Waals surface area contributed by atoms with Crippen molar-refractivity contribution in [1.29, 1.82) is 0 Å². The van der Waals surface area contributed by atoms with Crippen molar-refractivity contribution < 1.29 is 38.1 Å². The summed E-state index contributed by atoms with van der Waals surface area (Å²) in [5.41, 5.74) is 0.334. The van der Waals surface area contributed by atoms with E-state index in [1.54, 1.807) is 25.1 Å². The first-order valence-corrected chi connectivity index (χ1v) is 14.3. The van der Waals surface area contributed by atoms with Gasteiger partial charge in [-0.25, -0.2) is 9.29 Å². The number of hydrogen-bond donors (Lipinski definition) is 1.